The molecule has 1 saturated heterocycles. The van der Waals surface area contributed by atoms with Crippen molar-refractivity contribution in [3.63, 3.8) is 0 Å². The van der Waals surface area contributed by atoms with E-state index in [1.807, 2.05) is 32.0 Å². The Kier molecular flexibility index (Phi) is 4.27. The van der Waals surface area contributed by atoms with Gasteiger partial charge in [-0.25, -0.2) is 0 Å². The van der Waals surface area contributed by atoms with E-state index in [2.05, 4.69) is 0 Å². The van der Waals surface area contributed by atoms with Crippen molar-refractivity contribution in [2.45, 2.75) is 20.3 Å². The summed E-state index contributed by atoms with van der Waals surface area (Å²) in [7, 11) is 0. The average Bonchev–Trinajstić information content (AvgIpc) is 2.76. The Balaban J connectivity index is 1.86. The van der Waals surface area contributed by atoms with E-state index in [-0.39, 0.29) is 18.9 Å². The quantitative estimate of drug-likeness (QED) is 0.888. The number of benzene rings is 1. The van der Waals surface area contributed by atoms with Gasteiger partial charge in [0.1, 0.15) is 12.4 Å². The number of carboxylic acid groups (broad SMARTS) is 1. The fourth-order valence-electron chi connectivity index (χ4n) is 2.30. The van der Waals surface area contributed by atoms with Crippen LogP contribution in [-0.4, -0.2) is 41.6 Å². The van der Waals surface area contributed by atoms with E-state index in [9.17, 15) is 9.59 Å². The Hall–Kier alpha value is -2.04. The summed E-state index contributed by atoms with van der Waals surface area (Å²) in [5.41, 5.74) is 2.24. The summed E-state index contributed by atoms with van der Waals surface area (Å²) in [5.74, 6) is -0.784. The third-order valence-corrected chi connectivity index (χ3v) is 3.74. The Morgan fingerprint density at radius 1 is 1.45 bits per heavy atom. The zero-order valence-electron chi connectivity index (χ0n) is 11.8. The molecule has 1 aromatic rings. The Bertz CT molecular complexity index is 527. The van der Waals surface area contributed by atoms with Gasteiger partial charge in [-0.05, 0) is 31.0 Å². The molecule has 1 heterocycles. The number of carbonyl (C=O) groups is 2. The summed E-state index contributed by atoms with van der Waals surface area (Å²) in [6.07, 6.45) is 0.0960. The molecule has 1 fully saturated rings. The maximum atomic E-state index is 11.7. The highest BCUT2D eigenvalue weighted by atomic mass is 16.5. The molecule has 108 valence electrons. The zero-order valence-corrected chi connectivity index (χ0v) is 11.8. The number of likely N-dealkylation sites (tertiary alicyclic amines) is 1. The number of nitrogens with zero attached hydrogens (tertiary/aromatic N) is 1. The van der Waals surface area contributed by atoms with E-state index >= 15 is 0 Å². The molecule has 0 saturated carbocycles. The molecule has 5 nitrogen and oxygen atoms in total. The van der Waals surface area contributed by atoms with E-state index < -0.39 is 11.9 Å². The summed E-state index contributed by atoms with van der Waals surface area (Å²) in [5, 5.41) is 8.91. The smallest absolute Gasteiger partial charge is 0.308 e. The minimum absolute atomic E-state index is 0.0960. The molecular weight excluding hydrogens is 258 g/mol. The normalized spacial score (nSPS) is 18.4. The van der Waals surface area contributed by atoms with Crippen LogP contribution in [0.1, 0.15) is 17.5 Å². The number of hydrogen-bond donors (Lipinski definition) is 1. The highest BCUT2D eigenvalue weighted by molar-refractivity contribution is 5.86. The van der Waals surface area contributed by atoms with Crippen LogP contribution < -0.4 is 4.74 Å². The molecule has 0 aromatic heterocycles. The van der Waals surface area contributed by atoms with Gasteiger partial charge in [0, 0.05) is 13.0 Å². The van der Waals surface area contributed by atoms with Crippen LogP contribution in [0.3, 0.4) is 0 Å². The second kappa shape index (κ2) is 5.94. The van der Waals surface area contributed by atoms with Gasteiger partial charge in [-0.15, -0.1) is 0 Å². The third-order valence-electron chi connectivity index (χ3n) is 3.74. The van der Waals surface area contributed by atoms with Gasteiger partial charge in [0.15, 0.2) is 0 Å². The molecule has 20 heavy (non-hydrogen) atoms. The van der Waals surface area contributed by atoms with Crippen molar-refractivity contribution in [2.24, 2.45) is 5.92 Å². The van der Waals surface area contributed by atoms with E-state index in [0.29, 0.717) is 13.2 Å². The van der Waals surface area contributed by atoms with Gasteiger partial charge in [0.2, 0.25) is 5.91 Å². The molecule has 1 N–H and O–H groups in total. The van der Waals surface area contributed by atoms with Crippen molar-refractivity contribution in [3.8, 4) is 5.75 Å². The van der Waals surface area contributed by atoms with Crippen molar-refractivity contribution in [2.75, 3.05) is 19.7 Å². The van der Waals surface area contributed by atoms with Crippen molar-refractivity contribution >= 4 is 11.9 Å². The minimum Gasteiger partial charge on any atom is -0.491 e. The first-order chi connectivity index (χ1) is 9.49. The topological polar surface area (TPSA) is 66.8 Å². The average molecular weight is 277 g/mol. The number of hydrogen-bond acceptors (Lipinski definition) is 3. The number of carboxylic acids is 1. The molecular formula is C15H19NO4. The predicted octanol–water partition coefficient (Wildman–Crippen LogP) is 1.62. The number of aliphatic carboxylic acids is 1. The van der Waals surface area contributed by atoms with Crippen LogP contribution in [0, 0.1) is 19.8 Å². The predicted molar refractivity (Wildman–Crippen MR) is 73.7 cm³/mol. The van der Waals surface area contributed by atoms with E-state index in [1.54, 1.807) is 4.90 Å². The van der Waals surface area contributed by atoms with Crippen LogP contribution in [-0.2, 0) is 9.59 Å². The highest BCUT2D eigenvalue weighted by Crippen LogP contribution is 2.21. The van der Waals surface area contributed by atoms with Crippen LogP contribution in [0.4, 0.5) is 0 Å². The Labute approximate surface area is 118 Å². The van der Waals surface area contributed by atoms with Crippen LogP contribution in [0.5, 0.6) is 5.75 Å². The van der Waals surface area contributed by atoms with Gasteiger partial charge in [0.25, 0.3) is 0 Å². The fraction of sp³-hybridized carbons (Fsp3) is 0.467. The molecule has 1 aliphatic heterocycles. The fourth-order valence-corrected chi connectivity index (χ4v) is 2.30. The van der Waals surface area contributed by atoms with E-state index in [0.717, 1.165) is 16.9 Å². The van der Waals surface area contributed by atoms with Gasteiger partial charge in [-0.3, -0.25) is 9.59 Å². The maximum absolute atomic E-state index is 11.7. The third kappa shape index (κ3) is 3.10. The zero-order chi connectivity index (χ0) is 14.7. The largest absolute Gasteiger partial charge is 0.491 e. The van der Waals surface area contributed by atoms with Gasteiger partial charge in [-0.1, -0.05) is 12.1 Å². The Morgan fingerprint density at radius 2 is 2.20 bits per heavy atom. The van der Waals surface area contributed by atoms with Crippen molar-refractivity contribution in [1.82, 2.24) is 4.90 Å². The standard InChI is InChI=1S/C15H19NO4/c1-10-4-3-5-13(11(10)2)20-7-6-16-9-12(15(18)19)8-14(16)17/h3-5,12H,6-9H2,1-2H3,(H,18,19). The number of aryl methyl sites for hydroxylation is 1. The summed E-state index contributed by atoms with van der Waals surface area (Å²) >= 11 is 0. The van der Waals surface area contributed by atoms with Crippen molar-refractivity contribution in [1.29, 1.82) is 0 Å². The number of rotatable bonds is 5. The number of ether oxygens (including phenoxy) is 1. The minimum atomic E-state index is -0.906. The second-order valence-electron chi connectivity index (χ2n) is 5.13. The second-order valence-corrected chi connectivity index (χ2v) is 5.13. The lowest BCUT2D eigenvalue weighted by Gasteiger charge is -2.17. The lowest BCUT2D eigenvalue weighted by atomic mass is 10.1. The highest BCUT2D eigenvalue weighted by Gasteiger charge is 2.33. The van der Waals surface area contributed by atoms with E-state index in [1.165, 1.54) is 0 Å². The monoisotopic (exact) mass is 277 g/mol. The first kappa shape index (κ1) is 14.4. The summed E-state index contributed by atoms with van der Waals surface area (Å²) in [4.78, 5) is 24.1. The van der Waals surface area contributed by atoms with Crippen molar-refractivity contribution < 1.29 is 19.4 Å². The van der Waals surface area contributed by atoms with Crippen LogP contribution in [0.25, 0.3) is 0 Å². The van der Waals surface area contributed by atoms with Gasteiger partial charge < -0.3 is 14.7 Å². The molecule has 1 atom stereocenters. The molecule has 0 radical (unpaired) electrons. The Morgan fingerprint density at radius 3 is 2.85 bits per heavy atom. The van der Waals surface area contributed by atoms with Crippen LogP contribution in [0.15, 0.2) is 18.2 Å². The molecule has 0 spiro atoms. The molecule has 2 rings (SSSR count). The van der Waals surface area contributed by atoms with E-state index in [4.69, 9.17) is 9.84 Å². The van der Waals surface area contributed by atoms with Crippen LogP contribution in [0.2, 0.25) is 0 Å². The lowest BCUT2D eigenvalue weighted by Crippen LogP contribution is -2.30. The van der Waals surface area contributed by atoms with Gasteiger partial charge >= 0.3 is 5.97 Å². The summed E-state index contributed by atoms with van der Waals surface area (Å²) < 4.78 is 5.68. The molecule has 5 heteroatoms. The maximum Gasteiger partial charge on any atom is 0.308 e. The van der Waals surface area contributed by atoms with Crippen molar-refractivity contribution in [3.05, 3.63) is 29.3 Å². The molecule has 1 aliphatic rings. The van der Waals surface area contributed by atoms with Crippen LogP contribution >= 0.6 is 0 Å². The van der Waals surface area contributed by atoms with Gasteiger partial charge in [0.05, 0.1) is 12.5 Å². The summed E-state index contributed by atoms with van der Waals surface area (Å²) in [6.45, 7) is 5.10. The number of carbonyl (C=O) groups excluding carboxylic acids is 1. The first-order valence-electron chi connectivity index (χ1n) is 6.68. The SMILES string of the molecule is Cc1cccc(OCCN2CC(C(=O)O)CC2=O)c1C. The molecule has 1 unspecified atom stereocenters. The first-order valence-corrected chi connectivity index (χ1v) is 6.68. The molecule has 1 aromatic carbocycles. The lowest BCUT2D eigenvalue weighted by molar-refractivity contribution is -0.141. The summed E-state index contributed by atoms with van der Waals surface area (Å²) in [6, 6.07) is 5.84. The van der Waals surface area contributed by atoms with Gasteiger partial charge in [-0.2, -0.15) is 0 Å². The molecule has 1 amide bonds. The number of amides is 1. The molecule has 0 bridgehead atoms. The molecule has 0 aliphatic carbocycles.